The fourth-order valence-corrected chi connectivity index (χ4v) is 3.22. The van der Waals surface area contributed by atoms with Crippen LogP contribution in [0.4, 0.5) is 0 Å². The van der Waals surface area contributed by atoms with E-state index in [0.717, 1.165) is 28.8 Å². The van der Waals surface area contributed by atoms with Crippen molar-refractivity contribution in [2.45, 2.75) is 18.7 Å². The highest BCUT2D eigenvalue weighted by atomic mass is 35.5. The summed E-state index contributed by atoms with van der Waals surface area (Å²) >= 11 is 7.12. The molecular weight excluding hydrogens is 374 g/mol. The molecule has 134 valence electrons. The molecule has 0 saturated carbocycles. The molecule has 0 radical (unpaired) electrons. The molecule has 0 unspecified atom stereocenters. The van der Waals surface area contributed by atoms with Crippen LogP contribution in [0.2, 0.25) is 5.02 Å². The molecule has 0 amide bonds. The highest BCUT2D eigenvalue weighted by molar-refractivity contribution is 7.99. The van der Waals surface area contributed by atoms with Crippen molar-refractivity contribution in [1.82, 2.24) is 14.8 Å². The number of nitrogens with zero attached hydrogens (tertiary/aromatic N) is 3. The van der Waals surface area contributed by atoms with E-state index in [1.807, 2.05) is 37.3 Å². The summed E-state index contributed by atoms with van der Waals surface area (Å²) in [5, 5.41) is 20.0. The van der Waals surface area contributed by atoms with Crippen LogP contribution in [0.25, 0.3) is 5.69 Å². The van der Waals surface area contributed by atoms with Crippen LogP contribution in [-0.4, -0.2) is 26.5 Å². The van der Waals surface area contributed by atoms with E-state index >= 15 is 0 Å². The van der Waals surface area contributed by atoms with Gasteiger partial charge in [-0.25, -0.2) is 0 Å². The molecule has 0 aliphatic heterocycles. The highest BCUT2D eigenvalue weighted by Crippen LogP contribution is 2.25. The molecule has 0 bridgehead atoms. The van der Waals surface area contributed by atoms with E-state index in [9.17, 15) is 9.90 Å². The Balaban J connectivity index is 1.91. The minimum Gasteiger partial charge on any atom is -0.549 e. The zero-order valence-electron chi connectivity index (χ0n) is 13.9. The number of aromatic nitrogens is 3. The number of carboxylic acid groups (broad SMARTS) is 1. The molecule has 26 heavy (non-hydrogen) atoms. The minimum atomic E-state index is -1.17. The lowest BCUT2D eigenvalue weighted by Gasteiger charge is -2.12. The Morgan fingerprint density at radius 3 is 2.77 bits per heavy atom. The van der Waals surface area contributed by atoms with Gasteiger partial charge in [0, 0.05) is 10.8 Å². The highest BCUT2D eigenvalue weighted by Gasteiger charge is 2.16. The number of rotatable bonds is 7. The van der Waals surface area contributed by atoms with E-state index in [1.165, 1.54) is 0 Å². The first-order valence-corrected chi connectivity index (χ1v) is 9.12. The number of aryl methyl sites for hydroxylation is 1. The van der Waals surface area contributed by atoms with Crippen molar-refractivity contribution in [3.05, 3.63) is 64.9 Å². The van der Waals surface area contributed by atoms with Crippen molar-refractivity contribution in [3.8, 4) is 11.4 Å². The Kier molecular flexibility index (Phi) is 5.80. The molecule has 1 aromatic heterocycles. The third kappa shape index (κ3) is 4.36. The summed E-state index contributed by atoms with van der Waals surface area (Å²) in [6.45, 7) is 2.13. The molecule has 3 aromatic rings. The van der Waals surface area contributed by atoms with Crippen molar-refractivity contribution in [3.63, 3.8) is 0 Å². The van der Waals surface area contributed by atoms with Crippen LogP contribution in [0.15, 0.2) is 53.7 Å². The largest absolute Gasteiger partial charge is 0.549 e. The average Bonchev–Trinajstić information content (AvgIpc) is 3.02. The lowest BCUT2D eigenvalue weighted by atomic mass is 10.2. The summed E-state index contributed by atoms with van der Waals surface area (Å²) in [7, 11) is 0. The fraction of sp³-hybridized carbons (Fsp3) is 0.167. The van der Waals surface area contributed by atoms with E-state index in [0.29, 0.717) is 16.0 Å². The zero-order chi connectivity index (χ0) is 18.5. The molecule has 0 N–H and O–H groups in total. The van der Waals surface area contributed by atoms with Crippen LogP contribution in [-0.2, 0) is 11.4 Å². The Morgan fingerprint density at radius 1 is 1.23 bits per heavy atom. The van der Waals surface area contributed by atoms with Gasteiger partial charge in [-0.2, -0.15) is 0 Å². The number of thioether (sulfide) groups is 1. The SMILES string of the molecule is Cc1ccccc1OCc1nnc(SCC(=O)[O-])n1-c1cccc(Cl)c1. The van der Waals surface area contributed by atoms with Crippen LogP contribution in [0.1, 0.15) is 11.4 Å². The molecule has 3 rings (SSSR count). The maximum absolute atomic E-state index is 10.8. The summed E-state index contributed by atoms with van der Waals surface area (Å²) in [6, 6.07) is 14.8. The number of aliphatic carboxylic acids is 1. The molecule has 0 atom stereocenters. The molecule has 0 aliphatic rings. The van der Waals surface area contributed by atoms with Gasteiger partial charge in [0.15, 0.2) is 11.0 Å². The number of hydrogen-bond donors (Lipinski definition) is 0. The second kappa shape index (κ2) is 8.25. The van der Waals surface area contributed by atoms with Crippen molar-refractivity contribution >= 4 is 29.3 Å². The van der Waals surface area contributed by atoms with E-state index in [-0.39, 0.29) is 12.4 Å². The number of ether oxygens (including phenoxy) is 1. The third-order valence-corrected chi connectivity index (χ3v) is 4.67. The number of carbonyl (C=O) groups excluding carboxylic acids is 1. The van der Waals surface area contributed by atoms with Crippen LogP contribution < -0.4 is 9.84 Å². The van der Waals surface area contributed by atoms with Gasteiger partial charge in [-0.05, 0) is 36.8 Å². The first-order valence-electron chi connectivity index (χ1n) is 7.76. The number of benzene rings is 2. The molecular formula is C18H15ClN3O3S-. The number of carbonyl (C=O) groups is 1. The average molecular weight is 389 g/mol. The van der Waals surface area contributed by atoms with Crippen molar-refractivity contribution in [1.29, 1.82) is 0 Å². The molecule has 0 spiro atoms. The second-order valence-corrected chi connectivity index (χ2v) is 6.81. The molecule has 6 nitrogen and oxygen atoms in total. The third-order valence-electron chi connectivity index (χ3n) is 3.54. The normalized spacial score (nSPS) is 10.7. The van der Waals surface area contributed by atoms with Gasteiger partial charge >= 0.3 is 0 Å². The Hall–Kier alpha value is -2.51. The lowest BCUT2D eigenvalue weighted by molar-refractivity contribution is -0.301. The standard InChI is InChI=1S/C18H16ClN3O3S/c1-12-5-2-3-8-15(12)25-10-16-20-21-18(26-11-17(23)24)22(16)14-7-4-6-13(19)9-14/h2-9H,10-11H2,1H3,(H,23,24)/p-1. The van der Waals surface area contributed by atoms with Crippen molar-refractivity contribution in [2.24, 2.45) is 0 Å². The Labute approximate surface area is 159 Å². The van der Waals surface area contributed by atoms with E-state index < -0.39 is 5.97 Å². The van der Waals surface area contributed by atoms with Gasteiger partial charge < -0.3 is 14.6 Å². The first kappa shape index (κ1) is 18.3. The first-order chi connectivity index (χ1) is 12.5. The summed E-state index contributed by atoms with van der Waals surface area (Å²) in [5.41, 5.74) is 1.74. The molecule has 1 heterocycles. The number of para-hydroxylation sites is 1. The monoisotopic (exact) mass is 388 g/mol. The van der Waals surface area contributed by atoms with Gasteiger partial charge in [0.2, 0.25) is 0 Å². The topological polar surface area (TPSA) is 80.1 Å². The van der Waals surface area contributed by atoms with E-state index in [2.05, 4.69) is 10.2 Å². The predicted molar refractivity (Wildman–Crippen MR) is 97.6 cm³/mol. The van der Waals surface area contributed by atoms with Crippen LogP contribution in [0, 0.1) is 6.92 Å². The van der Waals surface area contributed by atoms with Gasteiger partial charge in [0.05, 0.1) is 11.7 Å². The van der Waals surface area contributed by atoms with Crippen molar-refractivity contribution in [2.75, 3.05) is 5.75 Å². The van der Waals surface area contributed by atoms with Crippen molar-refractivity contribution < 1.29 is 14.6 Å². The maximum atomic E-state index is 10.8. The number of carboxylic acids is 1. The lowest BCUT2D eigenvalue weighted by Crippen LogP contribution is -2.24. The summed E-state index contributed by atoms with van der Waals surface area (Å²) in [6.07, 6.45) is 0. The van der Waals surface area contributed by atoms with Crippen LogP contribution >= 0.6 is 23.4 Å². The molecule has 0 aliphatic carbocycles. The molecule has 0 saturated heterocycles. The summed E-state index contributed by atoms with van der Waals surface area (Å²) in [4.78, 5) is 10.8. The zero-order valence-corrected chi connectivity index (χ0v) is 15.5. The van der Waals surface area contributed by atoms with Gasteiger partial charge in [-0.1, -0.05) is 47.6 Å². The molecule has 2 aromatic carbocycles. The van der Waals surface area contributed by atoms with Crippen LogP contribution in [0.5, 0.6) is 5.75 Å². The fourth-order valence-electron chi connectivity index (χ4n) is 2.35. The second-order valence-electron chi connectivity index (χ2n) is 5.43. The Bertz CT molecular complexity index is 930. The van der Waals surface area contributed by atoms with Gasteiger partial charge in [0.1, 0.15) is 12.4 Å². The van der Waals surface area contributed by atoms with E-state index in [4.69, 9.17) is 16.3 Å². The number of halogens is 1. The molecule has 8 heteroatoms. The van der Waals surface area contributed by atoms with Gasteiger partial charge in [-0.15, -0.1) is 10.2 Å². The smallest absolute Gasteiger partial charge is 0.196 e. The summed E-state index contributed by atoms with van der Waals surface area (Å²) < 4.78 is 7.59. The van der Waals surface area contributed by atoms with E-state index in [1.54, 1.807) is 22.8 Å². The summed E-state index contributed by atoms with van der Waals surface area (Å²) in [5.74, 6) is -0.112. The van der Waals surface area contributed by atoms with Crippen LogP contribution in [0.3, 0.4) is 0 Å². The Morgan fingerprint density at radius 2 is 2.04 bits per heavy atom. The number of hydrogen-bond acceptors (Lipinski definition) is 6. The predicted octanol–water partition coefficient (Wildman–Crippen LogP) is 2.65. The maximum Gasteiger partial charge on any atom is 0.196 e. The molecule has 0 fully saturated rings. The quantitative estimate of drug-likeness (QED) is 0.579. The minimum absolute atomic E-state index is 0.177. The van der Waals surface area contributed by atoms with Gasteiger partial charge in [0.25, 0.3) is 0 Å². The van der Waals surface area contributed by atoms with Gasteiger partial charge in [-0.3, -0.25) is 4.57 Å².